The molecule has 3 nitrogen and oxygen atoms in total. The summed E-state index contributed by atoms with van der Waals surface area (Å²) in [5.74, 6) is 0.520. The van der Waals surface area contributed by atoms with Crippen LogP contribution in [0, 0.1) is 5.82 Å². The summed E-state index contributed by atoms with van der Waals surface area (Å²) in [4.78, 5) is 2.20. The second kappa shape index (κ2) is 7.27. The third-order valence-electron chi connectivity index (χ3n) is 3.84. The molecule has 0 spiro atoms. The molecule has 0 unspecified atom stereocenters. The van der Waals surface area contributed by atoms with Gasteiger partial charge in [-0.05, 0) is 30.7 Å². The van der Waals surface area contributed by atoms with Crippen LogP contribution >= 0.6 is 0 Å². The number of benzene rings is 2. The summed E-state index contributed by atoms with van der Waals surface area (Å²) in [6.45, 7) is 4.19. The second-order valence-electron chi connectivity index (χ2n) is 5.48. The molecule has 116 valence electrons. The lowest BCUT2D eigenvalue weighted by molar-refractivity contribution is 0.306. The smallest absolute Gasteiger partial charge is 0.143 e. The molecule has 0 radical (unpaired) electrons. The first-order chi connectivity index (χ1) is 10.8. The van der Waals surface area contributed by atoms with Gasteiger partial charge in [0.05, 0.1) is 5.69 Å². The molecular weight excluding hydrogens is 279 g/mol. The predicted molar refractivity (Wildman–Crippen MR) is 86.9 cm³/mol. The van der Waals surface area contributed by atoms with Crippen LogP contribution in [-0.4, -0.2) is 26.2 Å². The van der Waals surface area contributed by atoms with Crippen molar-refractivity contribution in [1.29, 1.82) is 0 Å². The Morgan fingerprint density at radius 3 is 2.77 bits per heavy atom. The maximum atomic E-state index is 13.7. The normalized spacial score (nSPS) is 15.4. The van der Waals surface area contributed by atoms with Crippen molar-refractivity contribution in [3.05, 3.63) is 59.9 Å². The van der Waals surface area contributed by atoms with E-state index in [-0.39, 0.29) is 5.82 Å². The Morgan fingerprint density at radius 1 is 1.05 bits per heavy atom. The highest BCUT2D eigenvalue weighted by Crippen LogP contribution is 2.30. The molecule has 1 aliphatic rings. The van der Waals surface area contributed by atoms with Gasteiger partial charge in [-0.15, -0.1) is 0 Å². The minimum atomic E-state index is -0.223. The zero-order chi connectivity index (χ0) is 15.2. The fourth-order valence-electron chi connectivity index (χ4n) is 2.68. The van der Waals surface area contributed by atoms with Crippen LogP contribution in [0.2, 0.25) is 0 Å². The molecule has 1 heterocycles. The van der Waals surface area contributed by atoms with E-state index in [1.165, 1.54) is 6.07 Å². The van der Waals surface area contributed by atoms with Gasteiger partial charge in [-0.25, -0.2) is 4.39 Å². The Balaban J connectivity index is 1.77. The number of anilines is 1. The third-order valence-corrected chi connectivity index (χ3v) is 3.84. The van der Waals surface area contributed by atoms with Crippen LogP contribution in [-0.2, 0) is 6.61 Å². The van der Waals surface area contributed by atoms with E-state index in [2.05, 4.69) is 10.2 Å². The largest absolute Gasteiger partial charge is 0.487 e. The van der Waals surface area contributed by atoms with Crippen molar-refractivity contribution in [2.45, 2.75) is 13.0 Å². The van der Waals surface area contributed by atoms with Gasteiger partial charge in [0.1, 0.15) is 18.2 Å². The highest BCUT2D eigenvalue weighted by atomic mass is 19.1. The number of hydrogen-bond donors (Lipinski definition) is 1. The molecule has 0 aromatic heterocycles. The number of rotatable bonds is 4. The summed E-state index contributed by atoms with van der Waals surface area (Å²) < 4.78 is 19.6. The van der Waals surface area contributed by atoms with Crippen molar-refractivity contribution in [1.82, 2.24) is 5.32 Å². The van der Waals surface area contributed by atoms with Gasteiger partial charge in [0.15, 0.2) is 0 Å². The first-order valence-corrected chi connectivity index (χ1v) is 7.75. The molecule has 4 heteroatoms. The van der Waals surface area contributed by atoms with E-state index < -0.39 is 0 Å². The number of hydrogen-bond acceptors (Lipinski definition) is 3. The minimum Gasteiger partial charge on any atom is -0.487 e. The van der Waals surface area contributed by atoms with Crippen LogP contribution in [0.25, 0.3) is 0 Å². The fraction of sp³-hybridized carbons (Fsp3) is 0.333. The first kappa shape index (κ1) is 14.9. The highest BCUT2D eigenvalue weighted by Gasteiger charge is 2.15. The summed E-state index contributed by atoms with van der Waals surface area (Å²) in [5, 5.41) is 3.36. The van der Waals surface area contributed by atoms with E-state index in [1.54, 1.807) is 12.1 Å². The molecule has 0 saturated carbocycles. The van der Waals surface area contributed by atoms with Gasteiger partial charge in [-0.1, -0.05) is 30.3 Å². The Hall–Kier alpha value is -2.07. The SMILES string of the molecule is Fc1ccc(OCc2ccccc2)c(N2CCCNCC2)c1. The van der Waals surface area contributed by atoms with E-state index in [4.69, 9.17) is 4.74 Å². The maximum absolute atomic E-state index is 13.7. The Morgan fingerprint density at radius 2 is 1.91 bits per heavy atom. The van der Waals surface area contributed by atoms with Gasteiger partial charge in [-0.2, -0.15) is 0 Å². The molecule has 1 fully saturated rings. The van der Waals surface area contributed by atoms with Gasteiger partial charge in [0, 0.05) is 25.7 Å². The molecule has 0 aliphatic carbocycles. The van der Waals surface area contributed by atoms with E-state index in [0.29, 0.717) is 6.61 Å². The predicted octanol–water partition coefficient (Wildman–Crippen LogP) is 3.20. The van der Waals surface area contributed by atoms with Crippen LogP contribution in [0.15, 0.2) is 48.5 Å². The van der Waals surface area contributed by atoms with Gasteiger partial charge < -0.3 is 15.0 Å². The molecular formula is C18H21FN2O. The van der Waals surface area contributed by atoms with Crippen molar-refractivity contribution in [3.8, 4) is 5.75 Å². The van der Waals surface area contributed by atoms with Crippen molar-refractivity contribution in [3.63, 3.8) is 0 Å². The molecule has 0 bridgehead atoms. The average Bonchev–Trinajstić information content (AvgIpc) is 2.84. The average molecular weight is 300 g/mol. The Kier molecular flexibility index (Phi) is 4.91. The van der Waals surface area contributed by atoms with Gasteiger partial charge in [0.25, 0.3) is 0 Å². The van der Waals surface area contributed by atoms with E-state index in [9.17, 15) is 4.39 Å². The Labute approximate surface area is 130 Å². The Bertz CT molecular complexity index is 595. The van der Waals surface area contributed by atoms with Gasteiger partial charge in [0.2, 0.25) is 0 Å². The van der Waals surface area contributed by atoms with Crippen LogP contribution in [0.1, 0.15) is 12.0 Å². The molecule has 1 N–H and O–H groups in total. The second-order valence-corrected chi connectivity index (χ2v) is 5.48. The van der Waals surface area contributed by atoms with Gasteiger partial charge >= 0.3 is 0 Å². The van der Waals surface area contributed by atoms with Crippen LogP contribution in [0.4, 0.5) is 10.1 Å². The lowest BCUT2D eigenvalue weighted by Crippen LogP contribution is -2.28. The van der Waals surface area contributed by atoms with E-state index in [1.807, 2.05) is 30.3 Å². The van der Waals surface area contributed by atoms with E-state index >= 15 is 0 Å². The molecule has 22 heavy (non-hydrogen) atoms. The monoisotopic (exact) mass is 300 g/mol. The lowest BCUT2D eigenvalue weighted by atomic mass is 10.2. The third kappa shape index (κ3) is 3.77. The first-order valence-electron chi connectivity index (χ1n) is 7.75. The summed E-state index contributed by atoms with van der Waals surface area (Å²) in [5.41, 5.74) is 1.95. The number of ether oxygens (including phenoxy) is 1. The molecule has 2 aromatic rings. The van der Waals surface area contributed by atoms with Crippen molar-refractivity contribution in [2.24, 2.45) is 0 Å². The molecule has 0 amide bonds. The highest BCUT2D eigenvalue weighted by molar-refractivity contribution is 5.59. The number of nitrogens with zero attached hydrogens (tertiary/aromatic N) is 1. The minimum absolute atomic E-state index is 0.223. The summed E-state index contributed by atoms with van der Waals surface area (Å²) in [6, 6.07) is 14.8. The molecule has 0 atom stereocenters. The molecule has 3 rings (SSSR count). The molecule has 1 saturated heterocycles. The summed E-state index contributed by atoms with van der Waals surface area (Å²) >= 11 is 0. The number of halogens is 1. The fourth-order valence-corrected chi connectivity index (χ4v) is 2.68. The van der Waals surface area contributed by atoms with Crippen molar-refractivity contribution in [2.75, 3.05) is 31.1 Å². The van der Waals surface area contributed by atoms with Crippen LogP contribution < -0.4 is 15.0 Å². The zero-order valence-electron chi connectivity index (χ0n) is 12.6. The number of nitrogens with one attached hydrogen (secondary N) is 1. The standard InChI is InChI=1S/C18H21FN2O/c19-16-7-8-18(22-14-15-5-2-1-3-6-15)17(13-16)21-11-4-9-20-10-12-21/h1-3,5-8,13,20H,4,9-12,14H2. The summed E-state index contributed by atoms with van der Waals surface area (Å²) in [7, 11) is 0. The van der Waals surface area contributed by atoms with E-state index in [0.717, 1.165) is 49.6 Å². The van der Waals surface area contributed by atoms with Gasteiger partial charge in [-0.3, -0.25) is 0 Å². The van der Waals surface area contributed by atoms with Crippen LogP contribution in [0.3, 0.4) is 0 Å². The van der Waals surface area contributed by atoms with Crippen LogP contribution in [0.5, 0.6) is 5.75 Å². The maximum Gasteiger partial charge on any atom is 0.143 e. The lowest BCUT2D eigenvalue weighted by Gasteiger charge is -2.25. The van der Waals surface area contributed by atoms with Crippen molar-refractivity contribution >= 4 is 5.69 Å². The zero-order valence-corrected chi connectivity index (χ0v) is 12.6. The summed E-state index contributed by atoms with van der Waals surface area (Å²) in [6.07, 6.45) is 1.05. The molecule has 2 aromatic carbocycles. The quantitative estimate of drug-likeness (QED) is 0.938. The topological polar surface area (TPSA) is 24.5 Å². The molecule has 1 aliphatic heterocycles. The van der Waals surface area contributed by atoms with Crippen molar-refractivity contribution < 1.29 is 9.13 Å².